The molecule has 0 bridgehead atoms. The Bertz CT molecular complexity index is 506. The van der Waals surface area contributed by atoms with Crippen LogP contribution >= 0.6 is 0 Å². The molecule has 2 heterocycles. The Morgan fingerprint density at radius 3 is 2.88 bits per heavy atom. The van der Waals surface area contributed by atoms with Crippen molar-refractivity contribution in [2.75, 3.05) is 0 Å². The Morgan fingerprint density at radius 1 is 1.50 bits per heavy atom. The van der Waals surface area contributed by atoms with E-state index in [1.165, 1.54) is 6.07 Å². The third-order valence-electron chi connectivity index (χ3n) is 2.24. The van der Waals surface area contributed by atoms with Gasteiger partial charge in [0.15, 0.2) is 0 Å². The highest BCUT2D eigenvalue weighted by Crippen LogP contribution is 2.11. The fourth-order valence-corrected chi connectivity index (χ4v) is 1.40. The quantitative estimate of drug-likeness (QED) is 0.846. The minimum absolute atomic E-state index is 0.246. The lowest BCUT2D eigenvalue weighted by Gasteiger charge is -2.05. The predicted octanol–water partition coefficient (Wildman–Crippen LogP) is 1.53. The molecule has 0 saturated carbocycles. The first kappa shape index (κ1) is 10.4. The average Bonchev–Trinajstić information content (AvgIpc) is 2.81. The van der Waals surface area contributed by atoms with Gasteiger partial charge in [-0.1, -0.05) is 6.92 Å². The monoisotopic (exact) mass is 217 g/mol. The minimum Gasteiger partial charge on any atom is -0.478 e. The summed E-state index contributed by atoms with van der Waals surface area (Å²) < 4.78 is 1.69. The van der Waals surface area contributed by atoms with Crippen LogP contribution in [-0.2, 0) is 6.42 Å². The van der Waals surface area contributed by atoms with E-state index in [1.807, 2.05) is 6.92 Å². The molecule has 1 N–H and O–H groups in total. The Hall–Kier alpha value is -2.17. The summed E-state index contributed by atoms with van der Waals surface area (Å²) in [6.07, 6.45) is 5.64. The van der Waals surface area contributed by atoms with Crippen molar-refractivity contribution < 1.29 is 9.90 Å². The van der Waals surface area contributed by atoms with Crippen molar-refractivity contribution in [1.29, 1.82) is 0 Å². The van der Waals surface area contributed by atoms with Crippen molar-refractivity contribution in [3.63, 3.8) is 0 Å². The van der Waals surface area contributed by atoms with E-state index in [9.17, 15) is 4.79 Å². The standard InChI is InChI=1S/C11H11N3O2/c1-2-9-5-8(11(15)16)6-10(13-9)14-4-3-12-7-14/h3-7H,2H2,1H3,(H,15,16). The van der Waals surface area contributed by atoms with Crippen LogP contribution in [0.1, 0.15) is 23.0 Å². The van der Waals surface area contributed by atoms with Crippen molar-refractivity contribution >= 4 is 5.97 Å². The van der Waals surface area contributed by atoms with Gasteiger partial charge in [0.2, 0.25) is 0 Å². The second kappa shape index (κ2) is 4.14. The number of hydrogen-bond acceptors (Lipinski definition) is 3. The Morgan fingerprint density at radius 2 is 2.31 bits per heavy atom. The summed E-state index contributed by atoms with van der Waals surface area (Å²) >= 11 is 0. The first-order chi connectivity index (χ1) is 7.70. The van der Waals surface area contributed by atoms with E-state index in [0.29, 0.717) is 12.2 Å². The number of carboxylic acid groups (broad SMARTS) is 1. The number of nitrogens with zero attached hydrogens (tertiary/aromatic N) is 3. The summed E-state index contributed by atoms with van der Waals surface area (Å²) in [4.78, 5) is 19.2. The summed E-state index contributed by atoms with van der Waals surface area (Å²) in [7, 11) is 0. The van der Waals surface area contributed by atoms with Gasteiger partial charge in [-0.3, -0.25) is 4.57 Å². The summed E-state index contributed by atoms with van der Waals surface area (Å²) in [5.41, 5.74) is 0.999. The minimum atomic E-state index is -0.946. The molecule has 0 aromatic carbocycles. The molecule has 0 atom stereocenters. The van der Waals surface area contributed by atoms with Crippen LogP contribution in [-0.4, -0.2) is 25.6 Å². The molecule has 0 amide bonds. The van der Waals surface area contributed by atoms with E-state index < -0.39 is 5.97 Å². The number of rotatable bonds is 3. The fourth-order valence-electron chi connectivity index (χ4n) is 1.40. The Balaban J connectivity index is 2.53. The maximum atomic E-state index is 10.9. The molecule has 2 aromatic rings. The summed E-state index contributed by atoms with van der Waals surface area (Å²) in [6, 6.07) is 3.12. The molecule has 0 saturated heterocycles. The number of aromatic carboxylic acids is 1. The number of imidazole rings is 1. The van der Waals surface area contributed by atoms with Crippen molar-refractivity contribution in [2.45, 2.75) is 13.3 Å². The Kier molecular flexibility index (Phi) is 2.68. The molecule has 0 aliphatic carbocycles. The molecule has 0 radical (unpaired) electrons. The van der Waals surface area contributed by atoms with Crippen LogP contribution < -0.4 is 0 Å². The molecule has 2 aromatic heterocycles. The van der Waals surface area contributed by atoms with E-state index in [2.05, 4.69) is 9.97 Å². The molecule has 2 rings (SSSR count). The second-order valence-corrected chi connectivity index (χ2v) is 3.33. The molecule has 0 unspecified atom stereocenters. The third-order valence-corrected chi connectivity index (χ3v) is 2.24. The van der Waals surface area contributed by atoms with Crippen LogP contribution in [0.5, 0.6) is 0 Å². The molecule has 0 fully saturated rings. The predicted molar refractivity (Wildman–Crippen MR) is 57.7 cm³/mol. The zero-order valence-electron chi connectivity index (χ0n) is 8.79. The normalized spacial score (nSPS) is 10.3. The topological polar surface area (TPSA) is 68.0 Å². The van der Waals surface area contributed by atoms with Gasteiger partial charge in [-0.2, -0.15) is 0 Å². The first-order valence-corrected chi connectivity index (χ1v) is 4.93. The Labute approximate surface area is 92.4 Å². The molecule has 82 valence electrons. The highest BCUT2D eigenvalue weighted by atomic mass is 16.4. The molecule has 0 aliphatic rings. The number of hydrogen-bond donors (Lipinski definition) is 1. The van der Waals surface area contributed by atoms with E-state index in [1.54, 1.807) is 29.4 Å². The number of carboxylic acids is 1. The lowest BCUT2D eigenvalue weighted by Crippen LogP contribution is -2.04. The van der Waals surface area contributed by atoms with Crippen molar-refractivity contribution in [3.05, 3.63) is 42.1 Å². The first-order valence-electron chi connectivity index (χ1n) is 4.93. The molecular formula is C11H11N3O2. The molecule has 16 heavy (non-hydrogen) atoms. The largest absolute Gasteiger partial charge is 0.478 e. The van der Waals surface area contributed by atoms with Crippen LogP contribution in [0, 0.1) is 0 Å². The van der Waals surface area contributed by atoms with Crippen LogP contribution in [0.2, 0.25) is 0 Å². The van der Waals surface area contributed by atoms with Gasteiger partial charge < -0.3 is 5.11 Å². The third kappa shape index (κ3) is 1.93. The van der Waals surface area contributed by atoms with Crippen molar-refractivity contribution in [1.82, 2.24) is 14.5 Å². The van der Waals surface area contributed by atoms with Gasteiger partial charge in [-0.25, -0.2) is 14.8 Å². The lowest BCUT2D eigenvalue weighted by atomic mass is 10.2. The molecular weight excluding hydrogens is 206 g/mol. The number of carbonyl (C=O) groups is 1. The smallest absolute Gasteiger partial charge is 0.335 e. The fraction of sp³-hybridized carbons (Fsp3) is 0.182. The maximum absolute atomic E-state index is 10.9. The number of aromatic nitrogens is 3. The lowest BCUT2D eigenvalue weighted by molar-refractivity contribution is 0.0696. The van der Waals surface area contributed by atoms with Gasteiger partial charge in [-0.05, 0) is 18.6 Å². The van der Waals surface area contributed by atoms with E-state index in [-0.39, 0.29) is 5.56 Å². The van der Waals surface area contributed by atoms with Crippen LogP contribution in [0.4, 0.5) is 0 Å². The summed E-state index contributed by atoms with van der Waals surface area (Å²) in [5.74, 6) is -0.368. The zero-order valence-corrected chi connectivity index (χ0v) is 8.79. The second-order valence-electron chi connectivity index (χ2n) is 3.33. The summed E-state index contributed by atoms with van der Waals surface area (Å²) in [6.45, 7) is 1.94. The average molecular weight is 217 g/mol. The van der Waals surface area contributed by atoms with Gasteiger partial charge in [0.25, 0.3) is 0 Å². The summed E-state index contributed by atoms with van der Waals surface area (Å²) in [5, 5.41) is 8.97. The highest BCUT2D eigenvalue weighted by molar-refractivity contribution is 5.88. The van der Waals surface area contributed by atoms with E-state index in [4.69, 9.17) is 5.11 Å². The van der Waals surface area contributed by atoms with E-state index in [0.717, 1.165) is 5.69 Å². The number of aryl methyl sites for hydroxylation is 1. The molecule has 0 spiro atoms. The maximum Gasteiger partial charge on any atom is 0.335 e. The SMILES string of the molecule is CCc1cc(C(=O)O)cc(-n2ccnc2)n1. The molecule has 5 nitrogen and oxygen atoms in total. The van der Waals surface area contributed by atoms with Gasteiger partial charge in [-0.15, -0.1) is 0 Å². The molecule has 0 aliphatic heterocycles. The van der Waals surface area contributed by atoms with Gasteiger partial charge in [0.05, 0.1) is 5.56 Å². The highest BCUT2D eigenvalue weighted by Gasteiger charge is 2.08. The van der Waals surface area contributed by atoms with E-state index >= 15 is 0 Å². The van der Waals surface area contributed by atoms with Crippen molar-refractivity contribution in [3.8, 4) is 5.82 Å². The molecule has 5 heteroatoms. The van der Waals surface area contributed by atoms with Crippen LogP contribution in [0.15, 0.2) is 30.9 Å². The van der Waals surface area contributed by atoms with Gasteiger partial charge in [0, 0.05) is 18.1 Å². The van der Waals surface area contributed by atoms with Gasteiger partial charge in [0.1, 0.15) is 12.1 Å². The zero-order chi connectivity index (χ0) is 11.5. The number of pyridine rings is 1. The van der Waals surface area contributed by atoms with Crippen LogP contribution in [0.3, 0.4) is 0 Å². The van der Waals surface area contributed by atoms with Crippen LogP contribution in [0.25, 0.3) is 5.82 Å². The van der Waals surface area contributed by atoms with Gasteiger partial charge >= 0.3 is 5.97 Å². The van der Waals surface area contributed by atoms with Crippen molar-refractivity contribution in [2.24, 2.45) is 0 Å².